The fourth-order valence-corrected chi connectivity index (χ4v) is 5.32. The largest absolute Gasteiger partial charge is 0.494 e. The van der Waals surface area contributed by atoms with Gasteiger partial charge in [-0.15, -0.1) is 12.4 Å². The van der Waals surface area contributed by atoms with E-state index in [-0.39, 0.29) is 18.3 Å². The summed E-state index contributed by atoms with van der Waals surface area (Å²) >= 11 is 0. The first-order valence-electron chi connectivity index (χ1n) is 9.64. The third-order valence-corrected chi connectivity index (χ3v) is 7.89. The van der Waals surface area contributed by atoms with Gasteiger partial charge in [0.05, 0.1) is 16.1 Å². The van der Waals surface area contributed by atoms with E-state index < -0.39 is 28.3 Å². The Morgan fingerprint density at radius 2 is 1.79 bits per heavy atom. The molecular weight excluding hydrogens is 399 g/mol. The summed E-state index contributed by atoms with van der Waals surface area (Å²) in [6.45, 7) is 11.4. The minimum Gasteiger partial charge on any atom is -0.399 e. The molecule has 0 amide bonds. The lowest BCUT2D eigenvalue weighted by Gasteiger charge is -2.32. The van der Waals surface area contributed by atoms with Crippen molar-refractivity contribution in [2.24, 2.45) is 11.7 Å². The topological polar surface area (TPSA) is 81.9 Å². The Balaban J connectivity index is 0.00000280. The number of piperidine rings is 1. The lowest BCUT2D eigenvalue weighted by Crippen LogP contribution is -2.42. The summed E-state index contributed by atoms with van der Waals surface area (Å²) in [6, 6.07) is 5.34. The molecule has 9 heteroatoms. The molecule has 28 heavy (non-hydrogen) atoms. The molecule has 0 aliphatic carbocycles. The Morgan fingerprint density at radius 1 is 1.18 bits per heavy atom. The number of aryl methyl sites for hydroxylation is 1. The second kappa shape index (κ2) is 8.24. The van der Waals surface area contributed by atoms with Gasteiger partial charge < -0.3 is 15.0 Å². The number of nitrogens with zero attached hydrogens (tertiary/aromatic N) is 1. The number of sulfonamides is 1. The summed E-state index contributed by atoms with van der Waals surface area (Å²) in [5.41, 5.74) is 6.44. The van der Waals surface area contributed by atoms with Crippen LogP contribution in [0.1, 0.15) is 46.1 Å². The van der Waals surface area contributed by atoms with E-state index in [1.54, 1.807) is 16.4 Å². The maximum Gasteiger partial charge on any atom is 0.494 e. The Morgan fingerprint density at radius 3 is 2.36 bits per heavy atom. The third kappa shape index (κ3) is 4.42. The van der Waals surface area contributed by atoms with Gasteiger partial charge in [0, 0.05) is 13.1 Å². The summed E-state index contributed by atoms with van der Waals surface area (Å²) in [4.78, 5) is 0.296. The van der Waals surface area contributed by atoms with E-state index in [9.17, 15) is 8.42 Å². The molecule has 3 rings (SSSR count). The van der Waals surface area contributed by atoms with Crippen molar-refractivity contribution in [3.8, 4) is 0 Å². The van der Waals surface area contributed by atoms with Gasteiger partial charge in [0.25, 0.3) is 0 Å². The molecule has 1 atom stereocenters. The maximum absolute atomic E-state index is 13.2. The fraction of sp³-hybridized carbons (Fsp3) is 0.684. The first kappa shape index (κ1) is 23.6. The molecule has 158 valence electrons. The van der Waals surface area contributed by atoms with E-state index >= 15 is 0 Å². The van der Waals surface area contributed by atoms with Gasteiger partial charge in [0.15, 0.2) is 0 Å². The van der Waals surface area contributed by atoms with Gasteiger partial charge in [0.2, 0.25) is 10.0 Å². The zero-order chi connectivity index (χ0) is 20.0. The van der Waals surface area contributed by atoms with Crippen LogP contribution in [0.4, 0.5) is 0 Å². The van der Waals surface area contributed by atoms with Crippen molar-refractivity contribution >= 4 is 35.0 Å². The highest BCUT2D eigenvalue weighted by Crippen LogP contribution is 2.36. The number of halogens is 1. The highest BCUT2D eigenvalue weighted by Gasteiger charge is 2.52. The molecule has 2 heterocycles. The summed E-state index contributed by atoms with van der Waals surface area (Å²) in [6.07, 6.45) is 1.83. The molecule has 2 aliphatic heterocycles. The van der Waals surface area contributed by atoms with Gasteiger partial charge in [-0.05, 0) is 77.5 Å². The number of hydrogen-bond donors (Lipinski definition) is 1. The van der Waals surface area contributed by atoms with Crippen LogP contribution in [-0.4, -0.2) is 50.7 Å². The predicted molar refractivity (Wildman–Crippen MR) is 115 cm³/mol. The molecular formula is C19H32BClN2O4S. The van der Waals surface area contributed by atoms with Crippen molar-refractivity contribution < 1.29 is 17.7 Å². The van der Waals surface area contributed by atoms with Crippen LogP contribution >= 0.6 is 12.4 Å². The molecule has 0 aromatic heterocycles. The van der Waals surface area contributed by atoms with Crippen molar-refractivity contribution in [1.82, 2.24) is 4.31 Å². The van der Waals surface area contributed by atoms with Crippen LogP contribution in [-0.2, 0) is 19.3 Å². The standard InChI is InChI=1S/C19H31BN2O4S.ClH/c1-14-9-16(20-25-18(2,3)19(4,5)26-20)11-17(10-14)27(23,24)22-8-6-7-15(12-21)13-22;/h9-11,15H,6-8,12-13,21H2,1-5H3;1H. The van der Waals surface area contributed by atoms with Crippen molar-refractivity contribution in [2.75, 3.05) is 19.6 Å². The average molecular weight is 431 g/mol. The lowest BCUT2D eigenvalue weighted by atomic mass is 9.78. The number of benzene rings is 1. The molecule has 0 spiro atoms. The fourth-order valence-electron chi connectivity index (χ4n) is 3.63. The van der Waals surface area contributed by atoms with Crippen molar-refractivity contribution in [1.29, 1.82) is 0 Å². The summed E-state index contributed by atoms with van der Waals surface area (Å²) < 4.78 is 40.2. The second-order valence-corrected chi connectivity index (χ2v) is 10.7. The molecule has 1 aromatic rings. The number of nitrogens with two attached hydrogens (primary N) is 1. The van der Waals surface area contributed by atoms with E-state index in [0.717, 1.165) is 23.9 Å². The van der Waals surface area contributed by atoms with Gasteiger partial charge in [-0.3, -0.25) is 0 Å². The Kier molecular flexibility index (Phi) is 6.96. The molecule has 2 saturated heterocycles. The van der Waals surface area contributed by atoms with Gasteiger partial charge >= 0.3 is 7.12 Å². The monoisotopic (exact) mass is 430 g/mol. The number of rotatable bonds is 4. The minimum atomic E-state index is -3.57. The Bertz CT molecular complexity index is 800. The highest BCUT2D eigenvalue weighted by atomic mass is 35.5. The van der Waals surface area contributed by atoms with Crippen molar-refractivity contribution in [3.05, 3.63) is 23.8 Å². The SMILES string of the molecule is Cc1cc(B2OC(C)(C)C(C)(C)O2)cc(S(=O)(=O)N2CCCC(CN)C2)c1.Cl. The van der Waals surface area contributed by atoms with E-state index in [0.29, 0.717) is 24.5 Å². The zero-order valence-electron chi connectivity index (χ0n) is 17.4. The molecule has 6 nitrogen and oxygen atoms in total. The molecule has 2 aliphatic rings. The Labute approximate surface area is 175 Å². The normalized spacial score (nSPS) is 24.8. The second-order valence-electron chi connectivity index (χ2n) is 8.77. The van der Waals surface area contributed by atoms with Crippen molar-refractivity contribution in [2.45, 2.75) is 63.6 Å². The van der Waals surface area contributed by atoms with Crippen molar-refractivity contribution in [3.63, 3.8) is 0 Å². The van der Waals surface area contributed by atoms with Crippen LogP contribution in [0, 0.1) is 12.8 Å². The summed E-state index contributed by atoms with van der Waals surface area (Å²) in [5, 5.41) is 0. The highest BCUT2D eigenvalue weighted by molar-refractivity contribution is 7.89. The summed E-state index contributed by atoms with van der Waals surface area (Å²) in [7, 11) is -4.15. The van der Waals surface area contributed by atoms with Crippen LogP contribution < -0.4 is 11.2 Å². The molecule has 0 saturated carbocycles. The predicted octanol–water partition coefficient (Wildman–Crippen LogP) is 2.08. The van der Waals surface area contributed by atoms with Crippen LogP contribution in [0.2, 0.25) is 0 Å². The van der Waals surface area contributed by atoms with Gasteiger partial charge in [-0.1, -0.05) is 11.6 Å². The molecule has 0 radical (unpaired) electrons. The average Bonchev–Trinajstić information content (AvgIpc) is 2.82. The molecule has 1 unspecified atom stereocenters. The van der Waals surface area contributed by atoms with Gasteiger partial charge in [-0.2, -0.15) is 4.31 Å². The van der Waals surface area contributed by atoms with Crippen LogP contribution in [0.25, 0.3) is 0 Å². The Hall–Kier alpha value is -0.635. The van der Waals surface area contributed by atoms with E-state index in [2.05, 4.69) is 0 Å². The quantitative estimate of drug-likeness (QED) is 0.740. The number of hydrogen-bond acceptors (Lipinski definition) is 5. The van der Waals surface area contributed by atoms with Gasteiger partial charge in [0.1, 0.15) is 0 Å². The van der Waals surface area contributed by atoms with Crippen LogP contribution in [0.15, 0.2) is 23.1 Å². The molecule has 0 bridgehead atoms. The minimum absolute atomic E-state index is 0. The third-order valence-electron chi connectivity index (χ3n) is 6.05. The first-order chi connectivity index (χ1) is 12.5. The van der Waals surface area contributed by atoms with E-state index in [4.69, 9.17) is 15.0 Å². The zero-order valence-corrected chi connectivity index (χ0v) is 19.0. The van der Waals surface area contributed by atoms with Gasteiger partial charge in [-0.25, -0.2) is 8.42 Å². The molecule has 1 aromatic carbocycles. The van der Waals surface area contributed by atoms with Crippen LogP contribution in [0.5, 0.6) is 0 Å². The lowest BCUT2D eigenvalue weighted by molar-refractivity contribution is 0.00578. The van der Waals surface area contributed by atoms with E-state index in [1.807, 2.05) is 40.7 Å². The summed E-state index contributed by atoms with van der Waals surface area (Å²) in [5.74, 6) is 0.223. The first-order valence-corrected chi connectivity index (χ1v) is 11.1. The smallest absolute Gasteiger partial charge is 0.399 e. The molecule has 2 N–H and O–H groups in total. The van der Waals surface area contributed by atoms with Crippen LogP contribution in [0.3, 0.4) is 0 Å². The van der Waals surface area contributed by atoms with E-state index in [1.165, 1.54) is 0 Å². The maximum atomic E-state index is 13.2. The molecule has 2 fully saturated rings.